The Labute approximate surface area is 171 Å². The van der Waals surface area contributed by atoms with E-state index in [2.05, 4.69) is 15.5 Å². The van der Waals surface area contributed by atoms with E-state index >= 15 is 0 Å². The lowest BCUT2D eigenvalue weighted by atomic mass is 10.0. The highest BCUT2D eigenvalue weighted by Gasteiger charge is 2.17. The summed E-state index contributed by atoms with van der Waals surface area (Å²) in [6.07, 6.45) is 3.39. The van der Waals surface area contributed by atoms with Crippen molar-refractivity contribution in [1.82, 2.24) is 10.4 Å². The van der Waals surface area contributed by atoms with Gasteiger partial charge in [-0.2, -0.15) is 5.10 Å². The molecule has 0 aliphatic carbocycles. The lowest BCUT2D eigenvalue weighted by molar-refractivity contribution is 0.0959. The molecule has 0 unspecified atom stereocenters. The van der Waals surface area contributed by atoms with E-state index in [9.17, 15) is 4.79 Å². The summed E-state index contributed by atoms with van der Waals surface area (Å²) in [4.78, 5) is 17.3. The van der Waals surface area contributed by atoms with Gasteiger partial charge in [0.15, 0.2) is 0 Å². The quantitative estimate of drug-likeness (QED) is 0.363. The molecule has 6 heteroatoms. The second kappa shape index (κ2) is 7.92. The normalized spacial score (nSPS) is 11.6. The van der Waals surface area contributed by atoms with Crippen LogP contribution < -0.4 is 5.43 Å². The zero-order valence-electron chi connectivity index (χ0n) is 15.0. The predicted molar refractivity (Wildman–Crippen MR) is 115 cm³/mol. The van der Waals surface area contributed by atoms with Gasteiger partial charge in [0.05, 0.1) is 10.7 Å². The molecule has 138 valence electrons. The molecule has 0 fully saturated rings. The topological polar surface area (TPSA) is 54.4 Å². The first-order chi connectivity index (χ1) is 13.6. The summed E-state index contributed by atoms with van der Waals surface area (Å²) in [6, 6.07) is 19.3. The third kappa shape index (κ3) is 3.67. The Morgan fingerprint density at radius 1 is 1.04 bits per heavy atom. The lowest BCUT2D eigenvalue weighted by Crippen LogP contribution is -2.20. The van der Waals surface area contributed by atoms with Crippen LogP contribution in [0.1, 0.15) is 26.4 Å². The van der Waals surface area contributed by atoms with E-state index in [0.717, 1.165) is 26.8 Å². The zero-order chi connectivity index (χ0) is 19.5. The van der Waals surface area contributed by atoms with Crippen LogP contribution in [-0.4, -0.2) is 16.6 Å². The molecule has 0 bridgehead atoms. The van der Waals surface area contributed by atoms with Gasteiger partial charge in [0.1, 0.15) is 4.88 Å². The minimum absolute atomic E-state index is 0.327. The number of carbonyl (C=O) groups excluding carboxylic acids is 1. The van der Waals surface area contributed by atoms with Gasteiger partial charge in [-0.25, -0.2) is 5.43 Å². The standard InChI is InChI=1S/C22H16ClN3OS/c1-14-7-8-17-18(13-14)28-21(19(17)23)22(27)26-25-20(15-5-3-2-4-6-15)16-9-11-24-12-10-16/h2-13H,1H3,(H,26,27). The maximum atomic E-state index is 12.8. The number of aromatic nitrogens is 1. The van der Waals surface area contributed by atoms with E-state index < -0.39 is 0 Å². The van der Waals surface area contributed by atoms with Crippen molar-refractivity contribution in [1.29, 1.82) is 0 Å². The monoisotopic (exact) mass is 405 g/mol. The van der Waals surface area contributed by atoms with Gasteiger partial charge in [-0.1, -0.05) is 54.1 Å². The summed E-state index contributed by atoms with van der Waals surface area (Å²) in [6.45, 7) is 2.01. The molecule has 0 spiro atoms. The Hall–Kier alpha value is -3.02. The number of thiophene rings is 1. The van der Waals surface area contributed by atoms with Crippen molar-refractivity contribution >= 4 is 44.6 Å². The summed E-state index contributed by atoms with van der Waals surface area (Å²) in [5, 5.41) is 5.74. The van der Waals surface area contributed by atoms with Gasteiger partial charge in [0.25, 0.3) is 5.91 Å². The van der Waals surface area contributed by atoms with Crippen LogP contribution >= 0.6 is 22.9 Å². The Bertz CT molecular complexity index is 1130. The third-order valence-electron chi connectivity index (χ3n) is 4.26. The van der Waals surface area contributed by atoms with Crippen LogP contribution in [0.2, 0.25) is 5.02 Å². The van der Waals surface area contributed by atoms with Gasteiger partial charge >= 0.3 is 0 Å². The highest BCUT2D eigenvalue weighted by Crippen LogP contribution is 2.35. The first-order valence-corrected chi connectivity index (χ1v) is 9.85. The second-order valence-electron chi connectivity index (χ2n) is 6.25. The molecule has 2 aromatic heterocycles. The average Bonchev–Trinajstić information content (AvgIpc) is 3.05. The number of amides is 1. The first-order valence-electron chi connectivity index (χ1n) is 8.66. The summed E-state index contributed by atoms with van der Waals surface area (Å²) < 4.78 is 0.983. The van der Waals surface area contributed by atoms with Crippen molar-refractivity contribution in [2.75, 3.05) is 0 Å². The fraction of sp³-hybridized carbons (Fsp3) is 0.0455. The van der Waals surface area contributed by atoms with E-state index in [4.69, 9.17) is 11.6 Å². The van der Waals surface area contributed by atoms with Crippen LogP contribution in [0.4, 0.5) is 0 Å². The Morgan fingerprint density at radius 3 is 2.50 bits per heavy atom. The number of carbonyl (C=O) groups is 1. The molecule has 0 atom stereocenters. The lowest BCUT2D eigenvalue weighted by Gasteiger charge is -2.07. The molecule has 0 radical (unpaired) electrons. The van der Waals surface area contributed by atoms with E-state index in [1.807, 2.05) is 67.6 Å². The maximum Gasteiger partial charge on any atom is 0.283 e. The van der Waals surface area contributed by atoms with E-state index in [-0.39, 0.29) is 5.91 Å². The Morgan fingerprint density at radius 2 is 1.75 bits per heavy atom. The first kappa shape index (κ1) is 18.3. The van der Waals surface area contributed by atoms with Gasteiger partial charge in [-0.15, -0.1) is 11.3 Å². The van der Waals surface area contributed by atoms with Gasteiger partial charge < -0.3 is 0 Å². The van der Waals surface area contributed by atoms with Crippen molar-refractivity contribution in [3.63, 3.8) is 0 Å². The van der Waals surface area contributed by atoms with Crippen molar-refractivity contribution in [3.05, 3.63) is 99.6 Å². The molecule has 4 rings (SSSR count). The zero-order valence-corrected chi connectivity index (χ0v) is 16.6. The molecule has 0 saturated heterocycles. The molecular formula is C22H16ClN3OS. The van der Waals surface area contributed by atoms with E-state index in [1.165, 1.54) is 11.3 Å². The number of benzene rings is 2. The highest BCUT2D eigenvalue weighted by atomic mass is 35.5. The molecule has 0 saturated carbocycles. The summed E-state index contributed by atoms with van der Waals surface area (Å²) in [5.74, 6) is -0.327. The number of aryl methyl sites for hydroxylation is 1. The SMILES string of the molecule is Cc1ccc2c(Cl)c(C(=O)NN=C(c3ccccc3)c3ccncc3)sc2c1. The fourth-order valence-corrected chi connectivity index (χ4v) is 4.38. The third-order valence-corrected chi connectivity index (χ3v) is 5.92. The Balaban J connectivity index is 1.69. The van der Waals surface area contributed by atoms with Crippen molar-refractivity contribution in [3.8, 4) is 0 Å². The van der Waals surface area contributed by atoms with Crippen LogP contribution in [0.25, 0.3) is 10.1 Å². The van der Waals surface area contributed by atoms with E-state index in [0.29, 0.717) is 15.6 Å². The average molecular weight is 406 g/mol. The van der Waals surface area contributed by atoms with Crippen LogP contribution in [0.3, 0.4) is 0 Å². The summed E-state index contributed by atoms with van der Waals surface area (Å²) >= 11 is 7.81. The smallest absolute Gasteiger partial charge is 0.266 e. The van der Waals surface area contributed by atoms with Crippen LogP contribution in [0, 0.1) is 6.92 Å². The predicted octanol–water partition coefficient (Wildman–Crippen LogP) is 5.44. The molecule has 2 aromatic carbocycles. The number of hydrogen-bond donors (Lipinski definition) is 1. The van der Waals surface area contributed by atoms with E-state index in [1.54, 1.807) is 12.4 Å². The highest BCUT2D eigenvalue weighted by molar-refractivity contribution is 7.21. The molecule has 4 nitrogen and oxygen atoms in total. The summed E-state index contributed by atoms with van der Waals surface area (Å²) in [5.41, 5.74) is 6.20. The minimum atomic E-state index is -0.327. The number of hydrazone groups is 1. The van der Waals surface area contributed by atoms with Crippen molar-refractivity contribution in [2.45, 2.75) is 6.92 Å². The molecule has 4 aromatic rings. The molecule has 1 amide bonds. The second-order valence-corrected chi connectivity index (χ2v) is 7.68. The number of pyridine rings is 1. The number of halogens is 1. The molecule has 0 aliphatic rings. The molecular weight excluding hydrogens is 390 g/mol. The maximum absolute atomic E-state index is 12.8. The Kier molecular flexibility index (Phi) is 5.19. The number of fused-ring (bicyclic) bond motifs is 1. The van der Waals surface area contributed by atoms with Crippen molar-refractivity contribution in [2.24, 2.45) is 5.10 Å². The number of rotatable bonds is 4. The molecule has 1 N–H and O–H groups in total. The molecule has 2 heterocycles. The largest absolute Gasteiger partial charge is 0.283 e. The minimum Gasteiger partial charge on any atom is -0.266 e. The molecule has 28 heavy (non-hydrogen) atoms. The van der Waals surface area contributed by atoms with Gasteiger partial charge in [-0.3, -0.25) is 9.78 Å². The number of hydrogen-bond acceptors (Lipinski definition) is 4. The number of nitrogens with zero attached hydrogens (tertiary/aromatic N) is 2. The van der Waals surface area contributed by atoms with Crippen LogP contribution in [0.5, 0.6) is 0 Å². The summed E-state index contributed by atoms with van der Waals surface area (Å²) in [7, 11) is 0. The number of nitrogens with one attached hydrogen (secondary N) is 1. The van der Waals surface area contributed by atoms with Crippen molar-refractivity contribution < 1.29 is 4.79 Å². The van der Waals surface area contributed by atoms with Crippen LogP contribution in [0.15, 0.2) is 78.2 Å². The molecule has 0 aliphatic heterocycles. The van der Waals surface area contributed by atoms with Gasteiger partial charge in [0, 0.05) is 33.6 Å². The fourth-order valence-electron chi connectivity index (χ4n) is 2.88. The van der Waals surface area contributed by atoms with Gasteiger partial charge in [0.2, 0.25) is 0 Å². The van der Waals surface area contributed by atoms with Crippen LogP contribution in [-0.2, 0) is 0 Å². The van der Waals surface area contributed by atoms with Gasteiger partial charge in [-0.05, 0) is 30.7 Å².